The van der Waals surface area contributed by atoms with Crippen molar-refractivity contribution in [3.8, 4) is 0 Å². The zero-order chi connectivity index (χ0) is 19.9. The number of alkyl carbamates (subject to hydrolysis) is 1. The average Bonchev–Trinajstić information content (AvgIpc) is 2.61. The van der Waals surface area contributed by atoms with E-state index in [4.69, 9.17) is 4.74 Å². The first-order valence-corrected chi connectivity index (χ1v) is 10.3. The van der Waals surface area contributed by atoms with Crippen LogP contribution in [0.3, 0.4) is 0 Å². The number of nitrogens with one attached hydrogen (secondary N) is 1. The number of carbonyl (C=O) groups is 2. The number of ether oxygens (including phenoxy) is 1. The fourth-order valence-corrected chi connectivity index (χ4v) is 3.26. The van der Waals surface area contributed by atoms with Gasteiger partial charge in [0.1, 0.15) is 6.61 Å². The number of amides is 1. The summed E-state index contributed by atoms with van der Waals surface area (Å²) in [5.74, 6) is -1.85. The first kappa shape index (κ1) is 21.1. The van der Waals surface area contributed by atoms with Crippen LogP contribution in [0.4, 0.5) is 4.79 Å². The van der Waals surface area contributed by atoms with E-state index in [2.05, 4.69) is 9.50 Å². The smallest absolute Gasteiger partial charge is 0.407 e. The molecule has 0 aromatic heterocycles. The molecule has 1 aromatic rings. The summed E-state index contributed by atoms with van der Waals surface area (Å²) in [6.45, 7) is 1.06. The number of aliphatic carboxylic acids is 1. The summed E-state index contributed by atoms with van der Waals surface area (Å²) < 4.78 is 31.8. The summed E-state index contributed by atoms with van der Waals surface area (Å²) in [7, 11) is -3.53. The van der Waals surface area contributed by atoms with Gasteiger partial charge in [0.25, 0.3) is 10.1 Å². The van der Waals surface area contributed by atoms with Crippen molar-refractivity contribution in [2.45, 2.75) is 19.1 Å². The number of carbonyl (C=O) groups excluding carboxylic acids is 1. The van der Waals surface area contributed by atoms with E-state index in [1.165, 1.54) is 0 Å². The maximum Gasteiger partial charge on any atom is 0.407 e. The normalized spacial score (nSPS) is 20.8. The van der Waals surface area contributed by atoms with Crippen LogP contribution in [-0.2, 0) is 30.4 Å². The van der Waals surface area contributed by atoms with Gasteiger partial charge in [-0.25, -0.2) is 4.79 Å². The molecule has 0 aliphatic carbocycles. The molecule has 150 valence electrons. The Kier molecular flexibility index (Phi) is 7.57. The van der Waals surface area contributed by atoms with E-state index in [1.807, 2.05) is 30.3 Å². The van der Waals surface area contributed by atoms with Crippen LogP contribution in [0.5, 0.6) is 0 Å². The van der Waals surface area contributed by atoms with Gasteiger partial charge in [-0.1, -0.05) is 30.3 Å². The Bertz CT molecular complexity index is 739. The van der Waals surface area contributed by atoms with Gasteiger partial charge in [-0.05, 0) is 12.0 Å². The van der Waals surface area contributed by atoms with Crippen molar-refractivity contribution in [1.29, 1.82) is 0 Å². The van der Waals surface area contributed by atoms with Gasteiger partial charge in [0.15, 0.2) is 0 Å². The lowest BCUT2D eigenvalue weighted by Gasteiger charge is -2.36. The Morgan fingerprint density at radius 1 is 1.30 bits per heavy atom. The first-order chi connectivity index (χ1) is 12.7. The molecule has 1 saturated heterocycles. The van der Waals surface area contributed by atoms with Crippen molar-refractivity contribution >= 4 is 22.2 Å². The average molecular weight is 400 g/mol. The third-order valence-electron chi connectivity index (χ3n) is 4.24. The van der Waals surface area contributed by atoms with Gasteiger partial charge >= 0.3 is 12.1 Å². The van der Waals surface area contributed by atoms with Crippen LogP contribution >= 0.6 is 0 Å². The highest BCUT2D eigenvalue weighted by Gasteiger charge is 2.35. The van der Waals surface area contributed by atoms with Crippen molar-refractivity contribution < 1.29 is 32.0 Å². The molecule has 2 atom stereocenters. The molecule has 0 saturated carbocycles. The molecule has 2 N–H and O–H groups in total. The molecule has 1 aliphatic rings. The molecular formula is C17H24N2O7S. The van der Waals surface area contributed by atoms with Crippen molar-refractivity contribution in [3.05, 3.63) is 35.9 Å². The molecule has 0 bridgehead atoms. The van der Waals surface area contributed by atoms with E-state index in [9.17, 15) is 23.1 Å². The minimum Gasteiger partial charge on any atom is -0.481 e. The van der Waals surface area contributed by atoms with E-state index >= 15 is 0 Å². The van der Waals surface area contributed by atoms with Gasteiger partial charge in [0.05, 0.1) is 18.8 Å². The zero-order valence-corrected chi connectivity index (χ0v) is 15.9. The number of benzene rings is 1. The van der Waals surface area contributed by atoms with E-state index < -0.39 is 34.1 Å². The molecule has 1 amide bonds. The molecule has 9 nitrogen and oxygen atoms in total. The molecule has 27 heavy (non-hydrogen) atoms. The van der Waals surface area contributed by atoms with E-state index in [0.717, 1.165) is 11.8 Å². The molecule has 1 heterocycles. The minimum atomic E-state index is -3.53. The van der Waals surface area contributed by atoms with Gasteiger partial charge in [0, 0.05) is 25.7 Å². The summed E-state index contributed by atoms with van der Waals surface area (Å²) >= 11 is 0. The number of rotatable bonds is 8. The zero-order valence-electron chi connectivity index (χ0n) is 15.0. The Morgan fingerprint density at radius 2 is 2.00 bits per heavy atom. The van der Waals surface area contributed by atoms with Crippen LogP contribution in [0.15, 0.2) is 30.3 Å². The Labute approximate surface area is 158 Å². The second kappa shape index (κ2) is 9.67. The van der Waals surface area contributed by atoms with Crippen molar-refractivity contribution in [2.24, 2.45) is 5.92 Å². The van der Waals surface area contributed by atoms with Crippen LogP contribution in [-0.4, -0.2) is 69.0 Å². The van der Waals surface area contributed by atoms with Gasteiger partial charge in [0.2, 0.25) is 0 Å². The number of piperidine rings is 1. The van der Waals surface area contributed by atoms with Crippen LogP contribution in [0, 0.1) is 5.92 Å². The summed E-state index contributed by atoms with van der Waals surface area (Å²) in [6.07, 6.45) is 0.713. The Morgan fingerprint density at radius 3 is 2.63 bits per heavy atom. The maximum atomic E-state index is 12.0. The first-order valence-electron chi connectivity index (χ1n) is 8.51. The predicted molar refractivity (Wildman–Crippen MR) is 96.5 cm³/mol. The Hall–Kier alpha value is -2.17. The van der Waals surface area contributed by atoms with Crippen LogP contribution < -0.4 is 5.32 Å². The number of nitrogens with zero attached hydrogens (tertiary/aromatic N) is 1. The lowest BCUT2D eigenvalue weighted by atomic mass is 9.92. The van der Waals surface area contributed by atoms with Crippen LogP contribution in [0.25, 0.3) is 0 Å². The predicted octanol–water partition coefficient (Wildman–Crippen LogP) is 0.664. The standard InChI is InChI=1S/C17H24N2O7S/c1-27(23,24)26-10-9-19-8-7-15(14(11-19)16(20)21)18-17(22)25-12-13-5-3-2-4-6-13/h2-6,14-15H,7-12H2,1H3,(H,18,22)(H,20,21)/t14-,15-/m1/s1. The molecule has 0 unspecified atom stereocenters. The third-order valence-corrected chi connectivity index (χ3v) is 4.83. The highest BCUT2D eigenvalue weighted by molar-refractivity contribution is 7.85. The second-order valence-corrected chi connectivity index (χ2v) is 8.02. The van der Waals surface area contributed by atoms with Gasteiger partial charge in [-0.2, -0.15) is 8.42 Å². The van der Waals surface area contributed by atoms with Crippen molar-refractivity contribution in [2.75, 3.05) is 32.5 Å². The van der Waals surface area contributed by atoms with Gasteiger partial charge in [-0.15, -0.1) is 0 Å². The lowest BCUT2D eigenvalue weighted by molar-refractivity contribution is -0.144. The number of hydrogen-bond acceptors (Lipinski definition) is 7. The van der Waals surface area contributed by atoms with Crippen molar-refractivity contribution in [3.63, 3.8) is 0 Å². The lowest BCUT2D eigenvalue weighted by Crippen LogP contribution is -2.54. The highest BCUT2D eigenvalue weighted by atomic mass is 32.2. The highest BCUT2D eigenvalue weighted by Crippen LogP contribution is 2.18. The number of carboxylic acids is 1. The second-order valence-electron chi connectivity index (χ2n) is 6.37. The van der Waals surface area contributed by atoms with E-state index in [1.54, 1.807) is 4.90 Å². The summed E-state index contributed by atoms with van der Waals surface area (Å²) in [5, 5.41) is 12.1. The van der Waals surface area contributed by atoms with E-state index in [0.29, 0.717) is 19.5 Å². The van der Waals surface area contributed by atoms with Gasteiger partial charge in [-0.3, -0.25) is 13.9 Å². The number of carboxylic acid groups (broad SMARTS) is 1. The molecular weight excluding hydrogens is 376 g/mol. The van der Waals surface area contributed by atoms with Crippen LogP contribution in [0.2, 0.25) is 0 Å². The topological polar surface area (TPSA) is 122 Å². The minimum absolute atomic E-state index is 0.0393. The summed E-state index contributed by atoms with van der Waals surface area (Å²) in [6, 6.07) is 8.61. The number of hydrogen-bond donors (Lipinski definition) is 2. The molecule has 1 aromatic carbocycles. The maximum absolute atomic E-state index is 12.0. The van der Waals surface area contributed by atoms with Crippen molar-refractivity contribution in [1.82, 2.24) is 10.2 Å². The molecule has 2 rings (SSSR count). The summed E-state index contributed by atoms with van der Waals surface area (Å²) in [4.78, 5) is 25.4. The van der Waals surface area contributed by atoms with Crippen LogP contribution in [0.1, 0.15) is 12.0 Å². The Balaban J connectivity index is 1.82. The fourth-order valence-electron chi connectivity index (χ4n) is 2.88. The fraction of sp³-hybridized carbons (Fsp3) is 0.529. The largest absolute Gasteiger partial charge is 0.481 e. The monoisotopic (exact) mass is 400 g/mol. The number of likely N-dealkylation sites (tertiary alicyclic amines) is 1. The SMILES string of the molecule is CS(=O)(=O)OCCN1CC[C@@H](NC(=O)OCc2ccccc2)[C@H](C(=O)O)C1. The third kappa shape index (κ3) is 7.53. The molecule has 1 fully saturated rings. The molecule has 0 spiro atoms. The van der Waals surface area contributed by atoms with E-state index in [-0.39, 0.29) is 19.8 Å². The quantitative estimate of drug-likeness (QED) is 0.611. The molecule has 1 aliphatic heterocycles. The molecule has 0 radical (unpaired) electrons. The van der Waals surface area contributed by atoms with Gasteiger partial charge < -0.3 is 15.2 Å². The summed E-state index contributed by atoms with van der Waals surface area (Å²) in [5.41, 5.74) is 0.836. The molecule has 10 heteroatoms.